The van der Waals surface area contributed by atoms with Crippen molar-refractivity contribution in [3.8, 4) is 0 Å². The molecule has 0 saturated heterocycles. The molecule has 9 heteroatoms. The number of nitrogens with one attached hydrogen (secondary N) is 4. The Bertz CT molecular complexity index is 945. The molecule has 0 radical (unpaired) electrons. The lowest BCUT2D eigenvalue weighted by molar-refractivity contribution is -0.118. The second kappa shape index (κ2) is 10.3. The van der Waals surface area contributed by atoms with Gasteiger partial charge in [-0.15, -0.1) is 0 Å². The maximum Gasteiger partial charge on any atom is 0.269 e. The first-order chi connectivity index (χ1) is 13.7. The molecule has 2 rings (SSSR count). The largest absolute Gasteiger partial charge is 0.326 e. The predicted molar refractivity (Wildman–Crippen MR) is 124 cm³/mol. The highest BCUT2D eigenvalue weighted by Gasteiger charge is 2.11. The van der Waals surface area contributed by atoms with E-state index in [1.165, 1.54) is 0 Å². The fraction of sp³-hybridized carbons (Fsp3) is 0.200. The second-order valence-corrected chi connectivity index (χ2v) is 8.12. The molecule has 2 aromatic carbocycles. The van der Waals surface area contributed by atoms with Crippen LogP contribution in [0.15, 0.2) is 42.5 Å². The van der Waals surface area contributed by atoms with E-state index in [2.05, 4.69) is 44.1 Å². The number of thiocarbonyl (C=S) groups is 1. The summed E-state index contributed by atoms with van der Waals surface area (Å²) in [5.41, 5.74) is 7.42. The van der Waals surface area contributed by atoms with Crippen molar-refractivity contribution in [1.29, 1.82) is 0 Å². The van der Waals surface area contributed by atoms with Gasteiger partial charge in [0.05, 0.1) is 0 Å². The van der Waals surface area contributed by atoms with E-state index >= 15 is 0 Å². The zero-order chi connectivity index (χ0) is 21.6. The van der Waals surface area contributed by atoms with Crippen LogP contribution in [0.1, 0.15) is 40.1 Å². The highest BCUT2D eigenvalue weighted by atomic mass is 127. The third-order valence-electron chi connectivity index (χ3n) is 3.89. The highest BCUT2D eigenvalue weighted by Crippen LogP contribution is 2.13. The Morgan fingerprint density at radius 2 is 1.55 bits per heavy atom. The number of aryl methyl sites for hydroxylation is 1. The first kappa shape index (κ1) is 22.8. The molecule has 0 atom stereocenters. The Kier molecular flexibility index (Phi) is 8.09. The lowest BCUT2D eigenvalue weighted by atomic mass is 10.1. The molecule has 0 heterocycles. The molecule has 2 aromatic rings. The summed E-state index contributed by atoms with van der Waals surface area (Å²) in [4.78, 5) is 36.1. The van der Waals surface area contributed by atoms with Crippen LogP contribution in [0.3, 0.4) is 0 Å². The molecule has 0 aromatic heterocycles. The van der Waals surface area contributed by atoms with Crippen LogP contribution in [0.2, 0.25) is 0 Å². The third kappa shape index (κ3) is 6.79. The zero-order valence-electron chi connectivity index (χ0n) is 16.1. The zero-order valence-corrected chi connectivity index (χ0v) is 19.1. The molecule has 0 unspecified atom stereocenters. The van der Waals surface area contributed by atoms with Crippen molar-refractivity contribution in [2.75, 3.05) is 5.32 Å². The molecular formula is C20H21IN4O3S. The predicted octanol–water partition coefficient (Wildman–Crippen LogP) is 3.14. The van der Waals surface area contributed by atoms with Gasteiger partial charge in [0, 0.05) is 26.3 Å². The molecule has 0 saturated carbocycles. The van der Waals surface area contributed by atoms with Crippen molar-refractivity contribution >= 4 is 63.3 Å². The molecule has 0 aliphatic rings. The smallest absolute Gasteiger partial charge is 0.269 e. The minimum absolute atomic E-state index is 0.0280. The number of benzene rings is 2. The number of carbonyl (C=O) groups is 3. The fourth-order valence-electron chi connectivity index (χ4n) is 2.12. The Hall–Kier alpha value is -2.53. The number of rotatable bonds is 4. The summed E-state index contributed by atoms with van der Waals surface area (Å²) < 4.78 is 0.968. The van der Waals surface area contributed by atoms with Gasteiger partial charge in [-0.1, -0.05) is 19.9 Å². The van der Waals surface area contributed by atoms with E-state index in [1.807, 2.05) is 13.0 Å². The van der Waals surface area contributed by atoms with Crippen molar-refractivity contribution in [3.05, 3.63) is 62.7 Å². The van der Waals surface area contributed by atoms with Gasteiger partial charge >= 0.3 is 0 Å². The molecular weight excluding hydrogens is 503 g/mol. The average Bonchev–Trinajstić information content (AvgIpc) is 2.68. The van der Waals surface area contributed by atoms with E-state index in [1.54, 1.807) is 50.2 Å². The maximum atomic E-state index is 12.2. The Balaban J connectivity index is 1.86. The number of anilines is 1. The summed E-state index contributed by atoms with van der Waals surface area (Å²) in [5, 5.41) is 5.23. The van der Waals surface area contributed by atoms with E-state index < -0.39 is 5.91 Å². The molecule has 4 N–H and O–H groups in total. The summed E-state index contributed by atoms with van der Waals surface area (Å²) >= 11 is 7.19. The maximum absolute atomic E-state index is 12.2. The van der Waals surface area contributed by atoms with Crippen molar-refractivity contribution in [3.63, 3.8) is 0 Å². The minimum Gasteiger partial charge on any atom is -0.326 e. The number of hydrazine groups is 1. The number of carbonyl (C=O) groups excluding carboxylic acids is 3. The van der Waals surface area contributed by atoms with Crippen LogP contribution in [0.4, 0.5) is 5.69 Å². The first-order valence-corrected chi connectivity index (χ1v) is 10.2. The Morgan fingerprint density at radius 3 is 2.14 bits per heavy atom. The molecule has 0 fully saturated rings. The SMILES string of the molecule is Cc1ccc(C(=O)NC(=S)NNC(=O)c2ccc(NC(=O)C(C)C)cc2)cc1I. The minimum atomic E-state index is -0.437. The summed E-state index contributed by atoms with van der Waals surface area (Å²) in [6, 6.07) is 11.7. The number of hydrogen-bond acceptors (Lipinski definition) is 4. The normalized spacial score (nSPS) is 10.2. The Morgan fingerprint density at radius 1 is 0.931 bits per heavy atom. The van der Waals surface area contributed by atoms with E-state index in [4.69, 9.17) is 12.2 Å². The molecule has 152 valence electrons. The molecule has 0 aliphatic carbocycles. The number of amides is 3. The van der Waals surface area contributed by atoms with Gasteiger partial charge in [0.25, 0.3) is 11.8 Å². The number of hydrogen-bond donors (Lipinski definition) is 4. The van der Waals surface area contributed by atoms with Gasteiger partial charge in [-0.25, -0.2) is 0 Å². The van der Waals surface area contributed by atoms with Crippen molar-refractivity contribution in [2.45, 2.75) is 20.8 Å². The van der Waals surface area contributed by atoms with Gasteiger partial charge in [-0.05, 0) is 83.7 Å². The van der Waals surface area contributed by atoms with Crippen LogP contribution in [0, 0.1) is 16.4 Å². The highest BCUT2D eigenvalue weighted by molar-refractivity contribution is 14.1. The van der Waals surface area contributed by atoms with E-state index in [9.17, 15) is 14.4 Å². The fourth-order valence-corrected chi connectivity index (χ4v) is 2.78. The molecule has 3 amide bonds. The summed E-state index contributed by atoms with van der Waals surface area (Å²) in [5.74, 6) is -1.05. The van der Waals surface area contributed by atoms with Crippen LogP contribution in [0.5, 0.6) is 0 Å². The summed E-state index contributed by atoms with van der Waals surface area (Å²) in [6.45, 7) is 5.55. The molecule has 0 spiro atoms. The van der Waals surface area contributed by atoms with E-state index in [-0.39, 0.29) is 22.8 Å². The van der Waals surface area contributed by atoms with Crippen LogP contribution in [0.25, 0.3) is 0 Å². The molecule has 0 aliphatic heterocycles. The summed E-state index contributed by atoms with van der Waals surface area (Å²) in [6.07, 6.45) is 0. The van der Waals surface area contributed by atoms with Gasteiger partial charge in [-0.3, -0.25) is 30.6 Å². The van der Waals surface area contributed by atoms with Crippen LogP contribution >= 0.6 is 34.8 Å². The molecule has 0 bridgehead atoms. The monoisotopic (exact) mass is 524 g/mol. The van der Waals surface area contributed by atoms with Crippen LogP contribution in [-0.4, -0.2) is 22.8 Å². The van der Waals surface area contributed by atoms with E-state index in [0.717, 1.165) is 9.13 Å². The standard InChI is InChI=1S/C20H21IN4O3S/c1-11(2)17(26)22-15-8-6-13(7-9-15)19(28)24-25-20(29)23-18(27)14-5-4-12(3)16(21)10-14/h4-11H,1-3H3,(H,22,26)(H,24,28)(H2,23,25,27,29). The van der Waals surface area contributed by atoms with Gasteiger partial charge < -0.3 is 5.32 Å². The average molecular weight is 524 g/mol. The third-order valence-corrected chi connectivity index (χ3v) is 5.26. The van der Waals surface area contributed by atoms with Crippen molar-refractivity contribution in [2.24, 2.45) is 5.92 Å². The lowest BCUT2D eigenvalue weighted by Crippen LogP contribution is -2.48. The second-order valence-electron chi connectivity index (χ2n) is 6.55. The quantitative estimate of drug-likeness (QED) is 0.280. The van der Waals surface area contributed by atoms with Gasteiger partial charge in [0.1, 0.15) is 0 Å². The van der Waals surface area contributed by atoms with Crippen molar-refractivity contribution in [1.82, 2.24) is 16.2 Å². The van der Waals surface area contributed by atoms with Gasteiger partial charge in [-0.2, -0.15) is 0 Å². The van der Waals surface area contributed by atoms with Crippen LogP contribution in [-0.2, 0) is 4.79 Å². The molecule has 29 heavy (non-hydrogen) atoms. The Labute approximate surface area is 188 Å². The summed E-state index contributed by atoms with van der Waals surface area (Å²) in [7, 11) is 0. The number of halogens is 1. The molecule has 7 nitrogen and oxygen atoms in total. The topological polar surface area (TPSA) is 99.3 Å². The lowest BCUT2D eigenvalue weighted by Gasteiger charge is -2.12. The first-order valence-electron chi connectivity index (χ1n) is 8.76. The van der Waals surface area contributed by atoms with Gasteiger partial charge in [0.15, 0.2) is 5.11 Å². The van der Waals surface area contributed by atoms with E-state index in [0.29, 0.717) is 16.8 Å². The van der Waals surface area contributed by atoms with Crippen LogP contribution < -0.4 is 21.5 Å². The van der Waals surface area contributed by atoms with Crippen molar-refractivity contribution < 1.29 is 14.4 Å². The van der Waals surface area contributed by atoms with Gasteiger partial charge in [0.2, 0.25) is 5.91 Å².